The molecule has 0 saturated carbocycles. The first kappa shape index (κ1) is 19.9. The second kappa shape index (κ2) is 8.16. The van der Waals surface area contributed by atoms with Crippen molar-refractivity contribution < 1.29 is 19.4 Å². The zero-order valence-electron chi connectivity index (χ0n) is 16.7. The lowest BCUT2D eigenvalue weighted by molar-refractivity contribution is -0.140. The van der Waals surface area contributed by atoms with Gasteiger partial charge in [-0.2, -0.15) is 0 Å². The highest BCUT2D eigenvalue weighted by Gasteiger charge is 2.46. The Kier molecular flexibility index (Phi) is 5.42. The van der Waals surface area contributed by atoms with Crippen LogP contribution in [0.2, 0.25) is 0 Å². The molecule has 1 unspecified atom stereocenters. The Morgan fingerprint density at radius 2 is 1.80 bits per heavy atom. The third-order valence-corrected chi connectivity index (χ3v) is 6.15. The molecule has 1 N–H and O–H groups in total. The van der Waals surface area contributed by atoms with Crippen LogP contribution in [0.5, 0.6) is 5.75 Å². The average molecular weight is 420 g/mol. The fourth-order valence-electron chi connectivity index (χ4n) is 3.73. The van der Waals surface area contributed by atoms with E-state index in [1.165, 1.54) is 11.3 Å². The van der Waals surface area contributed by atoms with E-state index in [2.05, 4.69) is 0 Å². The first-order chi connectivity index (χ1) is 14.5. The van der Waals surface area contributed by atoms with Gasteiger partial charge in [0.05, 0.1) is 25.3 Å². The highest BCUT2D eigenvalue weighted by molar-refractivity contribution is 7.09. The summed E-state index contributed by atoms with van der Waals surface area (Å²) in [5, 5.41) is 13.0. The van der Waals surface area contributed by atoms with E-state index in [1.54, 1.807) is 36.3 Å². The maximum Gasteiger partial charge on any atom is 0.295 e. The summed E-state index contributed by atoms with van der Waals surface area (Å²) in [6.45, 7) is 2.24. The third kappa shape index (κ3) is 3.50. The maximum atomic E-state index is 13.0. The zero-order chi connectivity index (χ0) is 21.3. The van der Waals surface area contributed by atoms with Gasteiger partial charge in [0.25, 0.3) is 11.7 Å². The number of hydrogen-bond donors (Lipinski definition) is 1. The summed E-state index contributed by atoms with van der Waals surface area (Å²) in [6, 6.07) is 17.6. The molecule has 5 nitrogen and oxygen atoms in total. The second-order valence-corrected chi connectivity index (χ2v) is 8.12. The molecule has 0 radical (unpaired) electrons. The lowest BCUT2D eigenvalue weighted by Crippen LogP contribution is -2.29. The molecule has 30 heavy (non-hydrogen) atoms. The smallest absolute Gasteiger partial charge is 0.295 e. The molecule has 2 aromatic carbocycles. The molecular formula is C24H21NO4S. The van der Waals surface area contributed by atoms with Gasteiger partial charge < -0.3 is 14.7 Å². The Labute approximate surface area is 178 Å². The Morgan fingerprint density at radius 3 is 2.43 bits per heavy atom. The normalized spacial score (nSPS) is 18.1. The van der Waals surface area contributed by atoms with Crippen molar-refractivity contribution in [3.63, 3.8) is 0 Å². The number of carbonyl (C=O) groups excluding carboxylic acids is 2. The lowest BCUT2D eigenvalue weighted by atomic mass is 9.92. The van der Waals surface area contributed by atoms with Crippen LogP contribution in [-0.4, -0.2) is 28.8 Å². The molecule has 1 aliphatic heterocycles. The van der Waals surface area contributed by atoms with E-state index in [4.69, 9.17) is 4.74 Å². The highest BCUT2D eigenvalue weighted by Crippen LogP contribution is 2.41. The lowest BCUT2D eigenvalue weighted by Gasteiger charge is -2.26. The number of methoxy groups -OCH3 is 1. The fourth-order valence-corrected chi connectivity index (χ4v) is 4.44. The third-order valence-electron chi connectivity index (χ3n) is 5.29. The van der Waals surface area contributed by atoms with Crippen LogP contribution < -0.4 is 4.74 Å². The van der Waals surface area contributed by atoms with Crippen LogP contribution in [0.3, 0.4) is 0 Å². The first-order valence-corrected chi connectivity index (χ1v) is 10.4. The standard InChI is InChI=1S/C24H21NO4S/c1-15-6-3-4-8-19(15)21-20(22(26)16-9-11-17(29-2)12-10-16)23(27)24(28)25(21)14-18-7-5-13-30-18/h3-13,21,26H,14H2,1-2H3/b22-20+. The van der Waals surface area contributed by atoms with E-state index < -0.39 is 17.7 Å². The molecule has 4 rings (SSSR count). The minimum atomic E-state index is -0.673. The van der Waals surface area contributed by atoms with E-state index >= 15 is 0 Å². The van der Waals surface area contributed by atoms with Gasteiger partial charge in [0, 0.05) is 10.4 Å². The van der Waals surface area contributed by atoms with E-state index in [1.807, 2.05) is 48.7 Å². The summed E-state index contributed by atoms with van der Waals surface area (Å²) in [7, 11) is 1.56. The first-order valence-electron chi connectivity index (χ1n) is 9.52. The molecule has 0 spiro atoms. The molecule has 1 atom stereocenters. The van der Waals surface area contributed by atoms with Crippen LogP contribution in [-0.2, 0) is 16.1 Å². The Bertz CT molecular complexity index is 1120. The van der Waals surface area contributed by atoms with Crippen molar-refractivity contribution in [2.45, 2.75) is 19.5 Å². The number of nitrogens with zero attached hydrogens (tertiary/aromatic N) is 1. The summed E-state index contributed by atoms with van der Waals surface area (Å²) in [4.78, 5) is 28.6. The van der Waals surface area contributed by atoms with Crippen LogP contribution in [0.15, 0.2) is 71.6 Å². The van der Waals surface area contributed by atoms with Crippen LogP contribution in [0.1, 0.15) is 27.6 Å². The van der Waals surface area contributed by atoms with Crippen molar-refractivity contribution in [3.8, 4) is 5.75 Å². The van der Waals surface area contributed by atoms with Crippen LogP contribution in [0.4, 0.5) is 0 Å². The molecule has 1 aromatic heterocycles. The topological polar surface area (TPSA) is 66.8 Å². The molecule has 6 heteroatoms. The minimum absolute atomic E-state index is 0.107. The van der Waals surface area contributed by atoms with Gasteiger partial charge in [0.15, 0.2) is 0 Å². The molecular weight excluding hydrogens is 398 g/mol. The van der Waals surface area contributed by atoms with Crippen molar-refractivity contribution in [1.29, 1.82) is 0 Å². The largest absolute Gasteiger partial charge is 0.507 e. The summed E-state index contributed by atoms with van der Waals surface area (Å²) in [5.74, 6) is -0.821. The van der Waals surface area contributed by atoms with Crippen LogP contribution >= 0.6 is 11.3 Å². The molecule has 1 fully saturated rings. The number of hydrogen-bond acceptors (Lipinski definition) is 5. The number of aliphatic hydroxyl groups excluding tert-OH is 1. The molecule has 1 aliphatic rings. The predicted molar refractivity (Wildman–Crippen MR) is 116 cm³/mol. The Hall–Kier alpha value is -3.38. The van der Waals surface area contributed by atoms with Gasteiger partial charge in [0.2, 0.25) is 0 Å². The molecule has 0 aliphatic carbocycles. The second-order valence-electron chi connectivity index (χ2n) is 7.09. The molecule has 1 amide bonds. The van der Waals surface area contributed by atoms with Gasteiger partial charge in [-0.15, -0.1) is 11.3 Å². The number of amides is 1. The number of ketones is 1. The van der Waals surface area contributed by atoms with E-state index in [9.17, 15) is 14.7 Å². The van der Waals surface area contributed by atoms with Gasteiger partial charge in [-0.25, -0.2) is 0 Å². The number of benzene rings is 2. The van der Waals surface area contributed by atoms with Crippen molar-refractivity contribution in [3.05, 3.63) is 93.2 Å². The molecule has 3 aromatic rings. The summed E-state index contributed by atoms with van der Waals surface area (Å²) >= 11 is 1.53. The predicted octanol–water partition coefficient (Wildman–Crippen LogP) is 4.69. The number of likely N-dealkylation sites (tertiary alicyclic amines) is 1. The SMILES string of the molecule is COc1ccc(/C(O)=C2\C(=O)C(=O)N(Cc3cccs3)C2c2ccccc2C)cc1. The number of Topliss-reactive ketones (excluding diaryl/α,β-unsaturated/α-hetero) is 1. The van der Waals surface area contributed by atoms with Gasteiger partial charge in [-0.3, -0.25) is 9.59 Å². The van der Waals surface area contributed by atoms with Gasteiger partial charge in [-0.05, 0) is 53.8 Å². The summed E-state index contributed by atoms with van der Waals surface area (Å²) in [6.07, 6.45) is 0. The van der Waals surface area contributed by atoms with Gasteiger partial charge >= 0.3 is 0 Å². The fraction of sp³-hybridized carbons (Fsp3) is 0.167. The number of carbonyl (C=O) groups is 2. The zero-order valence-corrected chi connectivity index (χ0v) is 17.5. The quantitative estimate of drug-likeness (QED) is 0.370. The van der Waals surface area contributed by atoms with E-state index in [0.717, 1.165) is 16.0 Å². The van der Waals surface area contributed by atoms with Gasteiger partial charge in [-0.1, -0.05) is 30.3 Å². The van der Waals surface area contributed by atoms with Crippen LogP contribution in [0, 0.1) is 6.92 Å². The summed E-state index contributed by atoms with van der Waals surface area (Å²) < 4.78 is 5.17. The number of thiophene rings is 1. The molecule has 0 bridgehead atoms. The average Bonchev–Trinajstić information content (AvgIpc) is 3.36. The highest BCUT2D eigenvalue weighted by atomic mass is 32.1. The number of rotatable bonds is 5. The van der Waals surface area contributed by atoms with Crippen molar-refractivity contribution in [2.24, 2.45) is 0 Å². The maximum absolute atomic E-state index is 13.0. The Morgan fingerprint density at radius 1 is 1.07 bits per heavy atom. The molecule has 152 valence electrons. The monoisotopic (exact) mass is 419 g/mol. The van der Waals surface area contributed by atoms with Crippen LogP contribution in [0.25, 0.3) is 5.76 Å². The van der Waals surface area contributed by atoms with E-state index in [-0.39, 0.29) is 11.3 Å². The number of ether oxygens (including phenoxy) is 1. The number of aryl methyl sites for hydroxylation is 1. The van der Waals surface area contributed by atoms with Gasteiger partial charge in [0.1, 0.15) is 11.5 Å². The minimum Gasteiger partial charge on any atom is -0.507 e. The van der Waals surface area contributed by atoms with Crippen molar-refractivity contribution >= 4 is 28.8 Å². The van der Waals surface area contributed by atoms with E-state index in [0.29, 0.717) is 17.9 Å². The summed E-state index contributed by atoms with van der Waals surface area (Å²) in [5.41, 5.74) is 2.34. The Balaban J connectivity index is 1.87. The van der Waals surface area contributed by atoms with Crippen molar-refractivity contribution in [2.75, 3.05) is 7.11 Å². The molecule has 2 heterocycles. The number of aliphatic hydroxyl groups is 1. The molecule has 1 saturated heterocycles. The van der Waals surface area contributed by atoms with Crippen molar-refractivity contribution in [1.82, 2.24) is 4.90 Å².